The molecular formula is C21H17N3O2S. The normalized spacial score (nSPS) is 10.7. The van der Waals surface area contributed by atoms with E-state index in [1.807, 2.05) is 48.5 Å². The van der Waals surface area contributed by atoms with Gasteiger partial charge in [0.25, 0.3) is 0 Å². The van der Waals surface area contributed by atoms with Crippen LogP contribution in [0.25, 0.3) is 27.5 Å². The standard InChI is InChI=1S/C21H17N3O2S/c1-25-15-7-5-6-14(12-15)18-13-27-21-23-20(17(10-11-22)24(18)21)16-8-3-4-9-19(16)26-2/h3-9,12-13H,10H2,1-2H3. The second kappa shape index (κ2) is 7.14. The van der Waals surface area contributed by atoms with Crippen LogP contribution in [0.5, 0.6) is 11.5 Å². The molecule has 2 heterocycles. The predicted molar refractivity (Wildman–Crippen MR) is 106 cm³/mol. The van der Waals surface area contributed by atoms with E-state index in [4.69, 9.17) is 14.5 Å². The van der Waals surface area contributed by atoms with E-state index >= 15 is 0 Å². The van der Waals surface area contributed by atoms with E-state index in [1.54, 1.807) is 25.6 Å². The Bertz CT molecular complexity index is 1150. The fraction of sp³-hybridized carbons (Fsp3) is 0.143. The van der Waals surface area contributed by atoms with Gasteiger partial charge in [-0.25, -0.2) is 4.98 Å². The van der Waals surface area contributed by atoms with E-state index in [2.05, 4.69) is 15.8 Å². The highest BCUT2D eigenvalue weighted by molar-refractivity contribution is 7.15. The zero-order valence-electron chi connectivity index (χ0n) is 15.0. The number of aromatic nitrogens is 2. The van der Waals surface area contributed by atoms with Gasteiger partial charge in [-0.1, -0.05) is 24.3 Å². The summed E-state index contributed by atoms with van der Waals surface area (Å²) in [5.41, 5.74) is 4.54. The maximum Gasteiger partial charge on any atom is 0.195 e. The summed E-state index contributed by atoms with van der Waals surface area (Å²) in [7, 11) is 3.29. The molecule has 0 amide bonds. The third kappa shape index (κ3) is 2.92. The molecular weight excluding hydrogens is 358 g/mol. The van der Waals surface area contributed by atoms with Gasteiger partial charge in [0.1, 0.15) is 11.5 Å². The summed E-state index contributed by atoms with van der Waals surface area (Å²) in [6.45, 7) is 0. The van der Waals surface area contributed by atoms with Gasteiger partial charge in [-0.15, -0.1) is 11.3 Å². The fourth-order valence-corrected chi connectivity index (χ4v) is 4.11. The van der Waals surface area contributed by atoms with Crippen molar-refractivity contribution in [1.82, 2.24) is 9.38 Å². The van der Waals surface area contributed by atoms with Crippen LogP contribution in [0.1, 0.15) is 5.69 Å². The monoisotopic (exact) mass is 375 g/mol. The molecule has 134 valence electrons. The number of ether oxygens (including phenoxy) is 2. The molecule has 0 aliphatic carbocycles. The van der Waals surface area contributed by atoms with Crippen molar-refractivity contribution in [1.29, 1.82) is 5.26 Å². The number of methoxy groups -OCH3 is 2. The van der Waals surface area contributed by atoms with E-state index in [0.29, 0.717) is 0 Å². The lowest BCUT2D eigenvalue weighted by Crippen LogP contribution is -1.96. The second-order valence-corrected chi connectivity index (χ2v) is 6.75. The number of fused-ring (bicyclic) bond motifs is 1. The van der Waals surface area contributed by atoms with Gasteiger partial charge in [-0.2, -0.15) is 5.26 Å². The number of para-hydroxylation sites is 1. The minimum Gasteiger partial charge on any atom is -0.497 e. The third-order valence-electron chi connectivity index (χ3n) is 4.43. The first-order chi connectivity index (χ1) is 13.3. The highest BCUT2D eigenvalue weighted by Crippen LogP contribution is 2.37. The first-order valence-electron chi connectivity index (χ1n) is 8.40. The van der Waals surface area contributed by atoms with Crippen LogP contribution in [0, 0.1) is 11.3 Å². The van der Waals surface area contributed by atoms with Crippen LogP contribution in [-0.2, 0) is 6.42 Å². The molecule has 0 atom stereocenters. The molecule has 0 N–H and O–H groups in total. The van der Waals surface area contributed by atoms with Crippen LogP contribution in [0.15, 0.2) is 53.9 Å². The van der Waals surface area contributed by atoms with Crippen molar-refractivity contribution >= 4 is 16.3 Å². The maximum absolute atomic E-state index is 9.44. The summed E-state index contributed by atoms with van der Waals surface area (Å²) in [6.07, 6.45) is 0.252. The smallest absolute Gasteiger partial charge is 0.195 e. The number of nitrogens with zero attached hydrogens (tertiary/aromatic N) is 3. The van der Waals surface area contributed by atoms with Crippen LogP contribution in [0.2, 0.25) is 0 Å². The number of imidazole rings is 1. The van der Waals surface area contributed by atoms with Crippen molar-refractivity contribution in [3.63, 3.8) is 0 Å². The molecule has 0 bridgehead atoms. The van der Waals surface area contributed by atoms with Crippen molar-refractivity contribution in [2.24, 2.45) is 0 Å². The number of benzene rings is 2. The fourth-order valence-electron chi connectivity index (χ4n) is 3.19. The molecule has 2 aromatic heterocycles. The predicted octanol–water partition coefficient (Wildman–Crippen LogP) is 4.81. The van der Waals surface area contributed by atoms with E-state index < -0.39 is 0 Å². The lowest BCUT2D eigenvalue weighted by molar-refractivity contribution is 0.415. The van der Waals surface area contributed by atoms with Gasteiger partial charge in [0.2, 0.25) is 0 Å². The van der Waals surface area contributed by atoms with E-state index in [1.165, 1.54) is 0 Å². The van der Waals surface area contributed by atoms with Crippen LogP contribution in [0.4, 0.5) is 0 Å². The largest absolute Gasteiger partial charge is 0.497 e. The molecule has 0 unspecified atom stereocenters. The third-order valence-corrected chi connectivity index (χ3v) is 5.26. The van der Waals surface area contributed by atoms with Crippen molar-refractivity contribution < 1.29 is 9.47 Å². The Balaban J connectivity index is 1.97. The van der Waals surface area contributed by atoms with Gasteiger partial charge in [-0.05, 0) is 24.3 Å². The number of rotatable bonds is 5. The van der Waals surface area contributed by atoms with Crippen LogP contribution in [-0.4, -0.2) is 23.6 Å². The van der Waals surface area contributed by atoms with Gasteiger partial charge in [0.05, 0.1) is 43.8 Å². The minimum absolute atomic E-state index is 0.252. The second-order valence-electron chi connectivity index (χ2n) is 5.91. The van der Waals surface area contributed by atoms with E-state index in [9.17, 15) is 5.26 Å². The van der Waals surface area contributed by atoms with Crippen molar-refractivity contribution in [2.45, 2.75) is 6.42 Å². The average Bonchev–Trinajstić information content (AvgIpc) is 3.28. The lowest BCUT2D eigenvalue weighted by atomic mass is 10.1. The van der Waals surface area contributed by atoms with Crippen LogP contribution >= 0.6 is 11.3 Å². The van der Waals surface area contributed by atoms with Gasteiger partial charge >= 0.3 is 0 Å². The molecule has 4 rings (SSSR count). The summed E-state index contributed by atoms with van der Waals surface area (Å²) < 4.78 is 12.9. The number of thiazole rings is 1. The van der Waals surface area contributed by atoms with Crippen molar-refractivity contribution in [3.05, 3.63) is 59.6 Å². The Morgan fingerprint density at radius 1 is 1.11 bits per heavy atom. The highest BCUT2D eigenvalue weighted by atomic mass is 32.1. The molecule has 0 aliphatic rings. The average molecular weight is 375 g/mol. The first kappa shape index (κ1) is 17.1. The molecule has 5 nitrogen and oxygen atoms in total. The summed E-state index contributed by atoms with van der Waals surface area (Å²) in [5.74, 6) is 1.53. The molecule has 0 fully saturated rings. The summed E-state index contributed by atoms with van der Waals surface area (Å²) >= 11 is 1.55. The molecule has 2 aromatic carbocycles. The Kier molecular flexibility index (Phi) is 4.53. The quantitative estimate of drug-likeness (QED) is 0.502. The van der Waals surface area contributed by atoms with Gasteiger partial charge < -0.3 is 9.47 Å². The molecule has 0 saturated heterocycles. The first-order valence-corrected chi connectivity index (χ1v) is 9.28. The summed E-state index contributed by atoms with van der Waals surface area (Å²) in [4.78, 5) is 5.66. The molecule has 0 spiro atoms. The van der Waals surface area contributed by atoms with Crippen LogP contribution in [0.3, 0.4) is 0 Å². The number of nitriles is 1. The number of hydrogen-bond acceptors (Lipinski definition) is 5. The molecule has 0 aliphatic heterocycles. The molecule has 6 heteroatoms. The molecule has 4 aromatic rings. The van der Waals surface area contributed by atoms with Crippen LogP contribution < -0.4 is 9.47 Å². The molecule has 27 heavy (non-hydrogen) atoms. The Morgan fingerprint density at radius 2 is 1.96 bits per heavy atom. The number of hydrogen-bond donors (Lipinski definition) is 0. The lowest BCUT2D eigenvalue weighted by Gasteiger charge is -2.09. The van der Waals surface area contributed by atoms with E-state index in [-0.39, 0.29) is 6.42 Å². The maximum atomic E-state index is 9.44. The van der Waals surface area contributed by atoms with Gasteiger partial charge in [0.15, 0.2) is 4.96 Å². The molecule has 0 radical (unpaired) electrons. The van der Waals surface area contributed by atoms with E-state index in [0.717, 1.165) is 44.7 Å². The van der Waals surface area contributed by atoms with Crippen molar-refractivity contribution in [3.8, 4) is 40.1 Å². The Morgan fingerprint density at radius 3 is 2.74 bits per heavy atom. The zero-order valence-corrected chi connectivity index (χ0v) is 15.8. The Labute approximate surface area is 161 Å². The van der Waals surface area contributed by atoms with Crippen molar-refractivity contribution in [2.75, 3.05) is 14.2 Å². The summed E-state index contributed by atoms with van der Waals surface area (Å²) in [6, 6.07) is 17.9. The highest BCUT2D eigenvalue weighted by Gasteiger charge is 2.20. The molecule has 0 saturated carbocycles. The van der Waals surface area contributed by atoms with Gasteiger partial charge in [-0.3, -0.25) is 4.40 Å². The summed E-state index contributed by atoms with van der Waals surface area (Å²) in [5, 5.41) is 11.5. The van der Waals surface area contributed by atoms with Gasteiger partial charge in [0, 0.05) is 16.5 Å². The minimum atomic E-state index is 0.252. The topological polar surface area (TPSA) is 59.5 Å². The SMILES string of the molecule is COc1cccc(-c2csc3nc(-c4ccccc4OC)c(CC#N)n23)c1. The Hall–Kier alpha value is -3.30. The zero-order chi connectivity index (χ0) is 18.8.